The molecule has 0 fully saturated rings. The molecular formula is C14H24ClNO. The molecular weight excluding hydrogens is 234 g/mol. The molecule has 3 heteroatoms. The molecule has 98 valence electrons. The average molecular weight is 258 g/mol. The van der Waals surface area contributed by atoms with Crippen molar-refractivity contribution in [3.8, 4) is 0 Å². The minimum Gasteiger partial charge on any atom is -0.453 e. The first-order valence-corrected chi connectivity index (χ1v) is 7.12. The zero-order valence-corrected chi connectivity index (χ0v) is 11.5. The molecule has 0 aliphatic heterocycles. The van der Waals surface area contributed by atoms with E-state index in [-0.39, 0.29) is 6.04 Å². The van der Waals surface area contributed by atoms with Crippen LogP contribution in [0.3, 0.4) is 0 Å². The largest absolute Gasteiger partial charge is 0.453 e. The molecule has 0 radical (unpaired) electrons. The number of rotatable bonds is 9. The summed E-state index contributed by atoms with van der Waals surface area (Å²) in [7, 11) is 0. The Morgan fingerprint density at radius 1 is 1.18 bits per heavy atom. The summed E-state index contributed by atoms with van der Waals surface area (Å²) < 4.78 is 5.04. The second-order valence-electron chi connectivity index (χ2n) is 4.67. The average Bonchev–Trinajstić information content (AvgIpc) is 2.74. The van der Waals surface area contributed by atoms with Gasteiger partial charge >= 0.3 is 0 Å². The maximum absolute atomic E-state index is 6.06. The summed E-state index contributed by atoms with van der Waals surface area (Å²) in [5, 5.41) is 0.445. The number of unbranched alkanes of at least 4 members (excludes halogenated alkanes) is 6. The van der Waals surface area contributed by atoms with Crippen molar-refractivity contribution in [2.75, 3.05) is 0 Å². The van der Waals surface area contributed by atoms with Gasteiger partial charge in [0.1, 0.15) is 0 Å². The standard InChI is InChI=1S/C14H24ClNO/c1-2-3-4-5-6-7-8-9-13(16)12-10-11-17-14(12)15/h10-11,13H,2-9,16H2,1H3. The lowest BCUT2D eigenvalue weighted by Gasteiger charge is -2.09. The highest BCUT2D eigenvalue weighted by Crippen LogP contribution is 2.26. The third-order valence-electron chi connectivity index (χ3n) is 3.16. The van der Waals surface area contributed by atoms with Crippen molar-refractivity contribution in [3.63, 3.8) is 0 Å². The lowest BCUT2D eigenvalue weighted by Crippen LogP contribution is -2.09. The minimum atomic E-state index is 0.0249. The van der Waals surface area contributed by atoms with Crippen LogP contribution in [0, 0.1) is 0 Å². The van der Waals surface area contributed by atoms with Crippen LogP contribution in [0.5, 0.6) is 0 Å². The maximum Gasteiger partial charge on any atom is 0.197 e. The molecule has 17 heavy (non-hydrogen) atoms. The van der Waals surface area contributed by atoms with Gasteiger partial charge in [-0.3, -0.25) is 0 Å². The van der Waals surface area contributed by atoms with Crippen molar-refractivity contribution in [2.45, 2.75) is 64.3 Å². The highest BCUT2D eigenvalue weighted by molar-refractivity contribution is 6.29. The first-order valence-electron chi connectivity index (χ1n) is 6.74. The maximum atomic E-state index is 6.06. The molecule has 1 aromatic heterocycles. The zero-order chi connectivity index (χ0) is 12.5. The summed E-state index contributed by atoms with van der Waals surface area (Å²) in [6.07, 6.45) is 11.8. The van der Waals surface area contributed by atoms with E-state index < -0.39 is 0 Å². The van der Waals surface area contributed by atoms with E-state index >= 15 is 0 Å². The molecule has 0 aromatic carbocycles. The van der Waals surface area contributed by atoms with Gasteiger partial charge in [-0.05, 0) is 24.1 Å². The number of halogens is 1. The molecule has 1 aromatic rings. The second kappa shape index (κ2) is 8.60. The number of hydrogen-bond acceptors (Lipinski definition) is 2. The Labute approximate surface area is 110 Å². The van der Waals surface area contributed by atoms with E-state index in [0.29, 0.717) is 5.22 Å². The normalized spacial score (nSPS) is 12.9. The Morgan fingerprint density at radius 3 is 2.41 bits per heavy atom. The topological polar surface area (TPSA) is 39.2 Å². The van der Waals surface area contributed by atoms with Crippen LogP contribution in [0.4, 0.5) is 0 Å². The van der Waals surface area contributed by atoms with Crippen LogP contribution in [0.1, 0.15) is 69.9 Å². The Bertz CT molecular complexity index is 298. The van der Waals surface area contributed by atoms with E-state index in [1.165, 1.54) is 44.9 Å². The fourth-order valence-corrected chi connectivity index (χ4v) is 2.30. The van der Waals surface area contributed by atoms with Crippen LogP contribution >= 0.6 is 11.6 Å². The summed E-state index contributed by atoms with van der Waals surface area (Å²) in [5.74, 6) is 0. The van der Waals surface area contributed by atoms with Gasteiger partial charge in [0.05, 0.1) is 6.26 Å². The first kappa shape index (κ1) is 14.6. The molecule has 0 amide bonds. The number of furan rings is 1. The van der Waals surface area contributed by atoms with Crippen LogP contribution in [0.25, 0.3) is 0 Å². The van der Waals surface area contributed by atoms with Crippen molar-refractivity contribution in [1.29, 1.82) is 0 Å². The van der Waals surface area contributed by atoms with Crippen molar-refractivity contribution in [3.05, 3.63) is 23.1 Å². The molecule has 0 aliphatic carbocycles. The fourth-order valence-electron chi connectivity index (χ4n) is 2.05. The van der Waals surface area contributed by atoms with Gasteiger partial charge in [-0.1, -0.05) is 51.9 Å². The van der Waals surface area contributed by atoms with Gasteiger partial charge in [0, 0.05) is 11.6 Å². The Balaban J connectivity index is 2.05. The van der Waals surface area contributed by atoms with E-state index in [9.17, 15) is 0 Å². The smallest absolute Gasteiger partial charge is 0.197 e. The monoisotopic (exact) mass is 257 g/mol. The first-order chi connectivity index (χ1) is 8.25. The third-order valence-corrected chi connectivity index (χ3v) is 3.47. The van der Waals surface area contributed by atoms with Crippen molar-refractivity contribution in [2.24, 2.45) is 5.73 Å². The molecule has 0 bridgehead atoms. The van der Waals surface area contributed by atoms with E-state index in [1.54, 1.807) is 6.26 Å². The molecule has 1 heterocycles. The quantitative estimate of drug-likeness (QED) is 0.627. The van der Waals surface area contributed by atoms with E-state index in [4.69, 9.17) is 21.8 Å². The Morgan fingerprint density at radius 2 is 1.82 bits per heavy atom. The minimum absolute atomic E-state index is 0.0249. The lowest BCUT2D eigenvalue weighted by atomic mass is 10.0. The number of nitrogens with two attached hydrogens (primary N) is 1. The zero-order valence-electron chi connectivity index (χ0n) is 10.8. The fraction of sp³-hybridized carbons (Fsp3) is 0.714. The van der Waals surface area contributed by atoms with Gasteiger partial charge in [-0.15, -0.1) is 0 Å². The predicted octanol–water partition coefficient (Wildman–Crippen LogP) is 5.07. The SMILES string of the molecule is CCCCCCCCCC(N)c1ccoc1Cl. The lowest BCUT2D eigenvalue weighted by molar-refractivity contribution is 0.529. The van der Waals surface area contributed by atoms with E-state index in [2.05, 4.69) is 6.92 Å². The van der Waals surface area contributed by atoms with Crippen LogP contribution in [0.2, 0.25) is 5.22 Å². The van der Waals surface area contributed by atoms with Crippen LogP contribution in [-0.4, -0.2) is 0 Å². The van der Waals surface area contributed by atoms with Gasteiger partial charge in [0.15, 0.2) is 5.22 Å². The summed E-state index contributed by atoms with van der Waals surface area (Å²) >= 11 is 5.89. The summed E-state index contributed by atoms with van der Waals surface area (Å²) in [6, 6.07) is 1.89. The van der Waals surface area contributed by atoms with E-state index in [1.807, 2.05) is 6.07 Å². The molecule has 1 unspecified atom stereocenters. The highest BCUT2D eigenvalue weighted by atomic mass is 35.5. The molecule has 1 rings (SSSR count). The van der Waals surface area contributed by atoms with Crippen LogP contribution in [-0.2, 0) is 0 Å². The van der Waals surface area contributed by atoms with Gasteiger partial charge < -0.3 is 10.2 Å². The van der Waals surface area contributed by atoms with Crippen molar-refractivity contribution in [1.82, 2.24) is 0 Å². The van der Waals surface area contributed by atoms with Gasteiger partial charge in [0.2, 0.25) is 0 Å². The Hall–Kier alpha value is -0.470. The molecule has 0 saturated heterocycles. The number of hydrogen-bond donors (Lipinski definition) is 1. The summed E-state index contributed by atoms with van der Waals surface area (Å²) in [5.41, 5.74) is 7.00. The molecule has 2 nitrogen and oxygen atoms in total. The van der Waals surface area contributed by atoms with Crippen molar-refractivity contribution < 1.29 is 4.42 Å². The summed E-state index contributed by atoms with van der Waals surface area (Å²) in [6.45, 7) is 2.24. The molecule has 0 saturated carbocycles. The predicted molar refractivity (Wildman–Crippen MR) is 73.3 cm³/mol. The van der Waals surface area contributed by atoms with Crippen LogP contribution < -0.4 is 5.73 Å². The second-order valence-corrected chi connectivity index (χ2v) is 5.01. The summed E-state index contributed by atoms with van der Waals surface area (Å²) in [4.78, 5) is 0. The molecule has 2 N–H and O–H groups in total. The highest BCUT2D eigenvalue weighted by Gasteiger charge is 2.11. The van der Waals surface area contributed by atoms with Gasteiger partial charge in [-0.25, -0.2) is 0 Å². The molecule has 1 atom stereocenters. The Kier molecular flexibility index (Phi) is 7.38. The molecule has 0 spiro atoms. The van der Waals surface area contributed by atoms with Crippen LogP contribution in [0.15, 0.2) is 16.7 Å². The van der Waals surface area contributed by atoms with Crippen molar-refractivity contribution >= 4 is 11.6 Å². The van der Waals surface area contributed by atoms with Gasteiger partial charge in [-0.2, -0.15) is 0 Å². The van der Waals surface area contributed by atoms with E-state index in [0.717, 1.165) is 12.0 Å². The third kappa shape index (κ3) is 5.60. The van der Waals surface area contributed by atoms with Gasteiger partial charge in [0.25, 0.3) is 0 Å². The molecule has 0 aliphatic rings.